The Balaban J connectivity index is 1.36. The van der Waals surface area contributed by atoms with Crippen LogP contribution in [0.5, 0.6) is 0 Å². The predicted octanol–water partition coefficient (Wildman–Crippen LogP) is 1.12. The molecule has 0 aromatic heterocycles. The number of nitrogens with two attached hydrogens (primary N) is 1. The second-order valence-electron chi connectivity index (χ2n) is 16.3. The monoisotopic (exact) mass is 943 g/mol. The lowest BCUT2D eigenvalue weighted by molar-refractivity contribution is -0.128. The van der Waals surface area contributed by atoms with Crippen molar-refractivity contribution < 1.29 is 57.3 Å². The average molecular weight is 943 g/mol. The molecule has 0 radical (unpaired) electrons. The van der Waals surface area contributed by atoms with E-state index in [9.17, 15) is 38.4 Å². The summed E-state index contributed by atoms with van der Waals surface area (Å²) in [5.74, 6) is -0.470. The molecule has 21 heteroatoms. The molecule has 2 fully saturated rings. The highest BCUT2D eigenvalue weighted by molar-refractivity contribution is 8.00. The molecule has 0 aromatic rings. The summed E-state index contributed by atoms with van der Waals surface area (Å²) in [5, 5.41) is 20.3. The van der Waals surface area contributed by atoms with Crippen molar-refractivity contribution in [2.75, 3.05) is 84.8 Å². The zero-order chi connectivity index (χ0) is 47.5. The predicted molar refractivity (Wildman–Crippen MR) is 246 cm³/mol. The maximum Gasteiger partial charge on any atom is 0.315 e. The molecule has 0 saturated carbocycles. The van der Waals surface area contributed by atoms with E-state index in [4.69, 9.17) is 24.7 Å². The zero-order valence-corrected chi connectivity index (χ0v) is 39.6. The van der Waals surface area contributed by atoms with Gasteiger partial charge in [-0.2, -0.15) is 11.8 Å². The Kier molecular flexibility index (Phi) is 31.7. The molecule has 372 valence electrons. The molecule has 2 aliphatic rings. The third kappa shape index (κ3) is 27.9. The first-order chi connectivity index (χ1) is 31.4. The largest absolute Gasteiger partial charge is 0.377 e. The number of primary amides is 1. The van der Waals surface area contributed by atoms with E-state index in [1.54, 1.807) is 0 Å². The van der Waals surface area contributed by atoms with Crippen LogP contribution in [0.15, 0.2) is 0 Å². The van der Waals surface area contributed by atoms with Gasteiger partial charge in [-0.25, -0.2) is 4.79 Å². The van der Waals surface area contributed by atoms with Crippen molar-refractivity contribution in [3.05, 3.63) is 0 Å². The number of fused-ring (bicyclic) bond motifs is 1. The number of ether oxygens (including phenoxy) is 4. The Bertz CT molecular complexity index is 1450. The van der Waals surface area contributed by atoms with Gasteiger partial charge in [-0.1, -0.05) is 26.7 Å². The van der Waals surface area contributed by atoms with Crippen molar-refractivity contribution in [2.45, 2.75) is 140 Å². The molecule has 0 unspecified atom stereocenters. The van der Waals surface area contributed by atoms with Gasteiger partial charge < -0.3 is 61.9 Å². The molecular weight excluding hydrogens is 865 g/mol. The second kappa shape index (κ2) is 36.1. The molecule has 20 nitrogen and oxygen atoms in total. The van der Waals surface area contributed by atoms with Gasteiger partial charge in [0.15, 0.2) is 5.78 Å². The molecule has 2 rings (SSSR count). The summed E-state index contributed by atoms with van der Waals surface area (Å²) < 4.78 is 21.4. The summed E-state index contributed by atoms with van der Waals surface area (Å²) in [6.45, 7) is 6.67. The molecular formula is C44H78N8O12S. The molecule has 0 bridgehead atoms. The number of thioether (sulfide) groups is 1. The van der Waals surface area contributed by atoms with Gasteiger partial charge >= 0.3 is 6.03 Å². The smallest absolute Gasteiger partial charge is 0.315 e. The zero-order valence-electron chi connectivity index (χ0n) is 38.8. The van der Waals surface area contributed by atoms with Crippen LogP contribution in [0.3, 0.4) is 0 Å². The Hall–Kier alpha value is -4.05. The molecule has 8 amide bonds. The minimum absolute atomic E-state index is 0.0222. The number of carbonyl (C=O) groups is 8. The average Bonchev–Trinajstić information content (AvgIpc) is 3.83. The van der Waals surface area contributed by atoms with Gasteiger partial charge in [-0.05, 0) is 64.2 Å². The number of urea groups is 1. The highest BCUT2D eigenvalue weighted by Crippen LogP contribution is 2.33. The SMILES string of the molecule is CCCC(=O)[C@H](CCCCNC(=O)CCCC(=O)NCCOCCOCC(=O)NCCOCCOCC(=O)NCCCC[C@H](CC)C(N)=O)NC(=O)CCCC[C@@H]1SC[C@@H]2NC(=O)N[C@@H]21. The van der Waals surface area contributed by atoms with Crippen molar-refractivity contribution in [1.82, 2.24) is 37.2 Å². The standard InChI is InChI=1S/C44H78N8O12S/c1-3-12-35(53)33(50-39(56)16-6-5-15-36-42-34(31-65-36)51-44(60)52-42)14-8-10-19-46-37(54)17-11-18-38(55)48-21-23-61-25-28-64-30-41(58)49-22-24-62-26-27-63-29-40(57)47-20-9-7-13-32(4-2)43(45)59/h32-34,36,42H,3-31H2,1-2H3,(H2,45,59)(H,46,54)(H,47,57)(H,48,55)(H,49,58)(H,50,56)(H2,51,52,60)/t32-,33-,34-,36-,42-/m0/s1. The summed E-state index contributed by atoms with van der Waals surface area (Å²) in [6, 6.07) is -0.308. The van der Waals surface area contributed by atoms with E-state index >= 15 is 0 Å². The highest BCUT2D eigenvalue weighted by atomic mass is 32.2. The Morgan fingerprint density at radius 3 is 1.78 bits per heavy atom. The van der Waals surface area contributed by atoms with Gasteiger partial charge in [0, 0.05) is 68.8 Å². The number of Topliss-reactive ketones (excluding diaryl/α,β-unsaturated/α-hetero) is 1. The number of nitrogens with one attached hydrogen (secondary N) is 7. The number of rotatable bonds is 41. The van der Waals surface area contributed by atoms with E-state index in [2.05, 4.69) is 37.2 Å². The molecule has 0 aromatic carbocycles. The molecule has 2 saturated heterocycles. The molecule has 0 spiro atoms. The van der Waals surface area contributed by atoms with Gasteiger partial charge in [0.2, 0.25) is 35.4 Å². The lowest BCUT2D eigenvalue weighted by atomic mass is 9.99. The highest BCUT2D eigenvalue weighted by Gasteiger charge is 2.42. The fourth-order valence-corrected chi connectivity index (χ4v) is 8.79. The number of ketones is 1. The third-order valence-corrected chi connectivity index (χ3v) is 12.4. The van der Waals surface area contributed by atoms with Gasteiger partial charge in [-0.3, -0.25) is 33.6 Å². The lowest BCUT2D eigenvalue weighted by Gasteiger charge is -2.18. The molecule has 9 N–H and O–H groups in total. The van der Waals surface area contributed by atoms with Crippen LogP contribution >= 0.6 is 11.8 Å². The summed E-state index contributed by atoms with van der Waals surface area (Å²) in [4.78, 5) is 96.5. The summed E-state index contributed by atoms with van der Waals surface area (Å²) in [6.07, 6.45) is 9.60. The first-order valence-electron chi connectivity index (χ1n) is 23.6. The quantitative estimate of drug-likeness (QED) is 0.0316. The fraction of sp³-hybridized carbons (Fsp3) is 0.818. The van der Waals surface area contributed by atoms with Crippen molar-refractivity contribution in [3.8, 4) is 0 Å². The lowest BCUT2D eigenvalue weighted by Crippen LogP contribution is -2.40. The fourth-order valence-electron chi connectivity index (χ4n) is 7.25. The van der Waals surface area contributed by atoms with Crippen LogP contribution in [0.1, 0.15) is 117 Å². The number of hydrogen-bond donors (Lipinski definition) is 8. The Morgan fingerprint density at radius 1 is 0.631 bits per heavy atom. The van der Waals surface area contributed by atoms with Crippen LogP contribution in [-0.4, -0.2) is 155 Å². The minimum atomic E-state index is -0.536. The van der Waals surface area contributed by atoms with Crippen molar-refractivity contribution in [3.63, 3.8) is 0 Å². The number of unbranched alkanes of at least 4 members (excludes halogenated alkanes) is 3. The summed E-state index contributed by atoms with van der Waals surface area (Å²) in [7, 11) is 0. The minimum Gasteiger partial charge on any atom is -0.377 e. The van der Waals surface area contributed by atoms with E-state index < -0.39 is 6.04 Å². The van der Waals surface area contributed by atoms with Crippen molar-refractivity contribution in [2.24, 2.45) is 11.7 Å². The van der Waals surface area contributed by atoms with Gasteiger partial charge in [0.1, 0.15) is 13.2 Å². The maximum atomic E-state index is 12.7. The van der Waals surface area contributed by atoms with E-state index in [0.717, 1.165) is 37.9 Å². The van der Waals surface area contributed by atoms with Crippen molar-refractivity contribution in [1.29, 1.82) is 0 Å². The Labute approximate surface area is 388 Å². The topological polar surface area (TPSA) is 284 Å². The second-order valence-corrected chi connectivity index (χ2v) is 17.6. The molecule has 0 aliphatic carbocycles. The van der Waals surface area contributed by atoms with E-state index in [-0.39, 0.29) is 138 Å². The first kappa shape index (κ1) is 57.1. The Morgan fingerprint density at radius 2 is 1.18 bits per heavy atom. The van der Waals surface area contributed by atoms with Crippen LogP contribution in [-0.2, 0) is 52.5 Å². The van der Waals surface area contributed by atoms with Crippen LogP contribution in [0.4, 0.5) is 4.79 Å². The van der Waals surface area contributed by atoms with Crippen LogP contribution in [0, 0.1) is 5.92 Å². The molecule has 5 atom stereocenters. The first-order valence-corrected chi connectivity index (χ1v) is 24.7. The maximum absolute atomic E-state index is 12.7. The van der Waals surface area contributed by atoms with E-state index in [0.29, 0.717) is 82.7 Å². The normalized spacial score (nSPS) is 17.3. The van der Waals surface area contributed by atoms with Crippen LogP contribution in [0.2, 0.25) is 0 Å². The summed E-state index contributed by atoms with van der Waals surface area (Å²) in [5.41, 5.74) is 5.34. The molecule has 2 aliphatic heterocycles. The van der Waals surface area contributed by atoms with Gasteiger partial charge in [0.05, 0.1) is 57.8 Å². The number of carbonyl (C=O) groups excluding carboxylic acids is 8. The van der Waals surface area contributed by atoms with E-state index in [1.165, 1.54) is 0 Å². The van der Waals surface area contributed by atoms with Crippen LogP contribution < -0.4 is 43.0 Å². The van der Waals surface area contributed by atoms with E-state index in [1.807, 2.05) is 25.6 Å². The van der Waals surface area contributed by atoms with Gasteiger partial charge in [0.25, 0.3) is 0 Å². The molecule has 65 heavy (non-hydrogen) atoms. The van der Waals surface area contributed by atoms with Crippen LogP contribution in [0.25, 0.3) is 0 Å². The molecule has 2 heterocycles. The van der Waals surface area contributed by atoms with Crippen molar-refractivity contribution >= 4 is 59.0 Å². The third-order valence-electron chi connectivity index (χ3n) is 10.9. The number of amides is 8. The number of hydrogen-bond acceptors (Lipinski definition) is 13. The van der Waals surface area contributed by atoms with Gasteiger partial charge in [-0.15, -0.1) is 0 Å². The summed E-state index contributed by atoms with van der Waals surface area (Å²) >= 11 is 1.85.